The Hall–Kier alpha value is -1.18. The second-order valence-electron chi connectivity index (χ2n) is 2.15. The number of allylic oxidation sites excluding steroid dienone is 3. The molecule has 0 saturated carbocycles. The molecule has 1 heterocycles. The molecular weight excluding hydrogens is 140 g/mol. The maximum atomic E-state index is 5.16. The highest BCUT2D eigenvalue weighted by molar-refractivity contribution is 5.24. The van der Waals surface area contributed by atoms with Gasteiger partial charge >= 0.3 is 0 Å². The van der Waals surface area contributed by atoms with Crippen LogP contribution in [-0.2, 0) is 9.47 Å². The van der Waals surface area contributed by atoms with E-state index in [4.69, 9.17) is 9.47 Å². The Morgan fingerprint density at radius 1 is 1.45 bits per heavy atom. The van der Waals surface area contributed by atoms with Crippen molar-refractivity contribution < 1.29 is 9.47 Å². The second kappa shape index (κ2) is 3.86. The average Bonchev–Trinajstić information content (AvgIpc) is 2.47. The topological polar surface area (TPSA) is 18.5 Å². The highest BCUT2D eigenvalue weighted by Gasteiger charge is 2.10. The standard InChI is InChI=1S/C9H12O2/c1-3-5-6-9-8(4-2)10-7-11-9/h4-6H,2-3,7H2,1H3/b6-5+. The van der Waals surface area contributed by atoms with Crippen molar-refractivity contribution in [2.24, 2.45) is 0 Å². The van der Waals surface area contributed by atoms with Gasteiger partial charge in [-0.05, 0) is 18.6 Å². The van der Waals surface area contributed by atoms with Crippen molar-refractivity contribution >= 4 is 0 Å². The van der Waals surface area contributed by atoms with E-state index in [0.29, 0.717) is 6.79 Å². The van der Waals surface area contributed by atoms with E-state index in [1.807, 2.05) is 12.2 Å². The molecule has 2 heteroatoms. The lowest BCUT2D eigenvalue weighted by Crippen LogP contribution is -1.80. The fourth-order valence-corrected chi connectivity index (χ4v) is 0.813. The van der Waals surface area contributed by atoms with Crippen LogP contribution in [0.3, 0.4) is 0 Å². The Morgan fingerprint density at radius 3 is 2.82 bits per heavy atom. The molecule has 0 aromatic carbocycles. The van der Waals surface area contributed by atoms with Crippen LogP contribution < -0.4 is 0 Å². The zero-order valence-corrected chi connectivity index (χ0v) is 6.67. The molecule has 0 amide bonds. The first-order valence-corrected chi connectivity index (χ1v) is 3.67. The van der Waals surface area contributed by atoms with Gasteiger partial charge in [-0.15, -0.1) is 0 Å². The van der Waals surface area contributed by atoms with Crippen molar-refractivity contribution in [1.82, 2.24) is 0 Å². The summed E-state index contributed by atoms with van der Waals surface area (Å²) in [5.74, 6) is 1.51. The predicted molar refractivity (Wildman–Crippen MR) is 43.7 cm³/mol. The maximum Gasteiger partial charge on any atom is 0.231 e. The van der Waals surface area contributed by atoms with E-state index in [9.17, 15) is 0 Å². The van der Waals surface area contributed by atoms with Crippen LogP contribution in [0.2, 0.25) is 0 Å². The minimum absolute atomic E-state index is 0.310. The summed E-state index contributed by atoms with van der Waals surface area (Å²) in [5.41, 5.74) is 0. The van der Waals surface area contributed by atoms with Gasteiger partial charge in [0.25, 0.3) is 0 Å². The summed E-state index contributed by atoms with van der Waals surface area (Å²) in [6.07, 6.45) is 6.58. The van der Waals surface area contributed by atoms with E-state index >= 15 is 0 Å². The van der Waals surface area contributed by atoms with Crippen LogP contribution in [0.4, 0.5) is 0 Å². The quantitative estimate of drug-likeness (QED) is 0.618. The van der Waals surface area contributed by atoms with Crippen LogP contribution in [-0.4, -0.2) is 6.79 Å². The van der Waals surface area contributed by atoms with Crippen LogP contribution in [0.5, 0.6) is 0 Å². The Kier molecular flexibility index (Phi) is 2.78. The smallest absolute Gasteiger partial charge is 0.231 e. The molecule has 1 rings (SSSR count). The molecule has 2 nitrogen and oxygen atoms in total. The second-order valence-corrected chi connectivity index (χ2v) is 2.15. The van der Waals surface area contributed by atoms with Gasteiger partial charge in [0.2, 0.25) is 6.79 Å². The van der Waals surface area contributed by atoms with Crippen molar-refractivity contribution in [1.29, 1.82) is 0 Å². The van der Waals surface area contributed by atoms with Crippen molar-refractivity contribution in [3.63, 3.8) is 0 Å². The number of hydrogen-bond acceptors (Lipinski definition) is 2. The monoisotopic (exact) mass is 152 g/mol. The van der Waals surface area contributed by atoms with Crippen LogP contribution >= 0.6 is 0 Å². The van der Waals surface area contributed by atoms with Gasteiger partial charge in [-0.3, -0.25) is 0 Å². The van der Waals surface area contributed by atoms with Crippen molar-refractivity contribution in [2.45, 2.75) is 13.3 Å². The van der Waals surface area contributed by atoms with Gasteiger partial charge in [-0.1, -0.05) is 19.6 Å². The molecule has 0 aromatic rings. The van der Waals surface area contributed by atoms with E-state index in [1.165, 1.54) is 0 Å². The molecule has 0 atom stereocenters. The molecule has 1 aliphatic heterocycles. The molecule has 0 saturated heterocycles. The lowest BCUT2D eigenvalue weighted by atomic mass is 10.3. The van der Waals surface area contributed by atoms with Crippen LogP contribution in [0.1, 0.15) is 13.3 Å². The van der Waals surface area contributed by atoms with Crippen LogP contribution in [0.15, 0.2) is 36.3 Å². The molecule has 0 unspecified atom stereocenters. The summed E-state index contributed by atoms with van der Waals surface area (Å²) >= 11 is 0. The lowest BCUT2D eigenvalue weighted by molar-refractivity contribution is 0.0778. The third-order valence-electron chi connectivity index (χ3n) is 1.36. The molecule has 0 radical (unpaired) electrons. The minimum Gasteiger partial charge on any atom is -0.454 e. The Labute approximate surface area is 66.8 Å². The first kappa shape index (κ1) is 7.92. The third-order valence-corrected chi connectivity index (χ3v) is 1.36. The summed E-state index contributed by atoms with van der Waals surface area (Å²) < 4.78 is 10.3. The molecule has 60 valence electrons. The van der Waals surface area contributed by atoms with E-state index in [2.05, 4.69) is 13.5 Å². The summed E-state index contributed by atoms with van der Waals surface area (Å²) in [5, 5.41) is 0. The molecule has 11 heavy (non-hydrogen) atoms. The minimum atomic E-state index is 0.310. The fourth-order valence-electron chi connectivity index (χ4n) is 0.813. The highest BCUT2D eigenvalue weighted by Crippen LogP contribution is 2.17. The molecule has 0 aromatic heterocycles. The fraction of sp³-hybridized carbons (Fsp3) is 0.333. The Morgan fingerprint density at radius 2 is 2.18 bits per heavy atom. The first-order valence-electron chi connectivity index (χ1n) is 3.67. The molecule has 0 spiro atoms. The van der Waals surface area contributed by atoms with Crippen molar-refractivity contribution in [2.75, 3.05) is 6.79 Å². The summed E-state index contributed by atoms with van der Waals surface area (Å²) in [7, 11) is 0. The maximum absolute atomic E-state index is 5.16. The van der Waals surface area contributed by atoms with Crippen molar-refractivity contribution in [3.05, 3.63) is 36.3 Å². The normalized spacial score (nSPS) is 16.8. The van der Waals surface area contributed by atoms with Crippen molar-refractivity contribution in [3.8, 4) is 0 Å². The van der Waals surface area contributed by atoms with E-state index < -0.39 is 0 Å². The number of ether oxygens (including phenoxy) is 2. The van der Waals surface area contributed by atoms with E-state index in [0.717, 1.165) is 17.9 Å². The molecule has 1 aliphatic rings. The molecule has 0 fully saturated rings. The van der Waals surface area contributed by atoms with Gasteiger partial charge in [0, 0.05) is 0 Å². The highest BCUT2D eigenvalue weighted by atomic mass is 16.7. The first-order chi connectivity index (χ1) is 5.38. The van der Waals surface area contributed by atoms with Gasteiger partial charge in [0.15, 0.2) is 11.5 Å². The summed E-state index contributed by atoms with van der Waals surface area (Å²) in [4.78, 5) is 0. The van der Waals surface area contributed by atoms with Gasteiger partial charge in [-0.25, -0.2) is 0 Å². The lowest BCUT2D eigenvalue weighted by Gasteiger charge is -1.90. The Balaban J connectivity index is 2.66. The van der Waals surface area contributed by atoms with Gasteiger partial charge in [0.1, 0.15) is 0 Å². The zero-order chi connectivity index (χ0) is 8.10. The summed E-state index contributed by atoms with van der Waals surface area (Å²) in [6.45, 7) is 5.98. The largest absolute Gasteiger partial charge is 0.454 e. The molecule has 0 aliphatic carbocycles. The number of rotatable bonds is 3. The van der Waals surface area contributed by atoms with Crippen LogP contribution in [0.25, 0.3) is 0 Å². The number of hydrogen-bond donors (Lipinski definition) is 0. The van der Waals surface area contributed by atoms with Gasteiger partial charge in [-0.2, -0.15) is 0 Å². The summed E-state index contributed by atoms with van der Waals surface area (Å²) in [6, 6.07) is 0. The molecule has 0 N–H and O–H groups in total. The molecule has 0 bridgehead atoms. The third kappa shape index (κ3) is 1.87. The van der Waals surface area contributed by atoms with Gasteiger partial charge < -0.3 is 9.47 Å². The SMILES string of the molecule is C=CC1=C(/C=C/CC)OCO1. The van der Waals surface area contributed by atoms with E-state index in [1.54, 1.807) is 6.08 Å². The zero-order valence-electron chi connectivity index (χ0n) is 6.67. The van der Waals surface area contributed by atoms with E-state index in [-0.39, 0.29) is 0 Å². The predicted octanol–water partition coefficient (Wildman–Crippen LogP) is 2.35. The average molecular weight is 152 g/mol. The van der Waals surface area contributed by atoms with Gasteiger partial charge in [0.05, 0.1) is 0 Å². The molecular formula is C9H12O2. The van der Waals surface area contributed by atoms with Crippen LogP contribution in [0, 0.1) is 0 Å². The Bertz CT molecular complexity index is 202.